The number of amides is 1. The van der Waals surface area contributed by atoms with Gasteiger partial charge in [0.1, 0.15) is 0 Å². The molecule has 31 heavy (non-hydrogen) atoms. The maximum absolute atomic E-state index is 13.0. The van der Waals surface area contributed by atoms with Gasteiger partial charge in [0, 0.05) is 25.0 Å². The van der Waals surface area contributed by atoms with Gasteiger partial charge >= 0.3 is 12.4 Å². The van der Waals surface area contributed by atoms with Crippen molar-refractivity contribution in [3.63, 3.8) is 0 Å². The molecule has 3 rings (SSSR count). The first-order valence-electron chi connectivity index (χ1n) is 8.48. The van der Waals surface area contributed by atoms with E-state index < -0.39 is 35.0 Å². The zero-order valence-corrected chi connectivity index (χ0v) is 15.6. The molecule has 0 saturated carbocycles. The van der Waals surface area contributed by atoms with Crippen LogP contribution in [-0.4, -0.2) is 37.7 Å². The Hall–Kier alpha value is -3.71. The number of hydrogen-bond acceptors (Lipinski definition) is 6. The van der Waals surface area contributed by atoms with Crippen LogP contribution in [-0.2, 0) is 18.9 Å². The Morgan fingerprint density at radius 3 is 2.10 bits per heavy atom. The molecule has 2 heterocycles. The zero-order valence-electron chi connectivity index (χ0n) is 15.6. The molecule has 2 N–H and O–H groups in total. The van der Waals surface area contributed by atoms with Crippen LogP contribution < -0.4 is 10.6 Å². The predicted octanol–water partition coefficient (Wildman–Crippen LogP) is 3.07. The molecule has 3 aromatic rings. The minimum absolute atomic E-state index is 0.0562. The Balaban J connectivity index is 1.89. The van der Waals surface area contributed by atoms with E-state index in [-0.39, 0.29) is 30.3 Å². The maximum Gasteiger partial charge on any atom is 0.416 e. The topological polar surface area (TPSA) is 97.6 Å². The number of halogens is 6. The average molecular weight is 445 g/mol. The molecule has 0 unspecified atom stereocenters. The van der Waals surface area contributed by atoms with Crippen LogP contribution in [0.4, 0.5) is 32.3 Å². The van der Waals surface area contributed by atoms with E-state index >= 15 is 0 Å². The zero-order chi connectivity index (χ0) is 22.8. The number of hydrogen-bond donors (Lipinski definition) is 2. The van der Waals surface area contributed by atoms with Crippen LogP contribution in [0.25, 0.3) is 5.95 Å². The van der Waals surface area contributed by atoms with E-state index in [9.17, 15) is 31.1 Å². The molecule has 1 amide bonds. The van der Waals surface area contributed by atoms with Gasteiger partial charge in [0.05, 0.1) is 17.7 Å². The fourth-order valence-electron chi connectivity index (χ4n) is 2.47. The van der Waals surface area contributed by atoms with Crippen LogP contribution in [0.2, 0.25) is 0 Å². The first-order chi connectivity index (χ1) is 14.5. The molecule has 0 aliphatic rings. The van der Waals surface area contributed by atoms with Crippen LogP contribution in [0.15, 0.2) is 36.7 Å². The smallest absolute Gasteiger partial charge is 0.356 e. The SMILES string of the molecule is CNc1nc(CNC(=O)c2cc(C(F)(F)F)cc(C(F)(F)F)c2)n(-c2ncccn2)n1. The third kappa shape index (κ3) is 5.07. The van der Waals surface area contributed by atoms with Crippen LogP contribution >= 0.6 is 0 Å². The number of aromatic nitrogens is 5. The summed E-state index contributed by atoms with van der Waals surface area (Å²) in [7, 11) is 1.52. The van der Waals surface area contributed by atoms with Crippen LogP contribution in [0.3, 0.4) is 0 Å². The van der Waals surface area contributed by atoms with E-state index in [1.807, 2.05) is 0 Å². The highest BCUT2D eigenvalue weighted by atomic mass is 19.4. The minimum atomic E-state index is -5.07. The highest BCUT2D eigenvalue weighted by molar-refractivity contribution is 5.94. The van der Waals surface area contributed by atoms with Crippen LogP contribution in [0.5, 0.6) is 0 Å². The summed E-state index contributed by atoms with van der Waals surface area (Å²) in [5.41, 5.74) is -3.99. The van der Waals surface area contributed by atoms with Crippen molar-refractivity contribution in [1.82, 2.24) is 30.0 Å². The van der Waals surface area contributed by atoms with E-state index in [0.29, 0.717) is 12.1 Å². The number of carbonyl (C=O) groups excluding carboxylic acids is 1. The summed E-state index contributed by atoms with van der Waals surface area (Å²) in [5, 5.41) is 8.97. The lowest BCUT2D eigenvalue weighted by Gasteiger charge is -2.14. The van der Waals surface area contributed by atoms with Gasteiger partial charge in [0.2, 0.25) is 5.95 Å². The van der Waals surface area contributed by atoms with Gasteiger partial charge in [-0.05, 0) is 24.3 Å². The number of anilines is 1. The lowest BCUT2D eigenvalue weighted by molar-refractivity contribution is -0.143. The molecule has 0 spiro atoms. The van der Waals surface area contributed by atoms with Gasteiger partial charge in [0.15, 0.2) is 5.82 Å². The average Bonchev–Trinajstić information content (AvgIpc) is 3.14. The Morgan fingerprint density at radius 1 is 1.00 bits per heavy atom. The normalized spacial score (nSPS) is 12.0. The van der Waals surface area contributed by atoms with E-state index in [2.05, 4.69) is 30.7 Å². The molecular formula is C17H13F6N7O. The number of rotatable bonds is 5. The second kappa shape index (κ2) is 8.20. The molecule has 0 radical (unpaired) electrons. The molecular weight excluding hydrogens is 432 g/mol. The molecule has 1 aromatic carbocycles. The molecule has 14 heteroatoms. The summed E-state index contributed by atoms with van der Waals surface area (Å²) in [5.74, 6) is -0.840. The number of benzene rings is 1. The molecule has 0 fully saturated rings. The van der Waals surface area contributed by atoms with E-state index in [4.69, 9.17) is 0 Å². The molecule has 164 valence electrons. The molecule has 2 aromatic heterocycles. The van der Waals surface area contributed by atoms with E-state index in [0.717, 1.165) is 0 Å². The van der Waals surface area contributed by atoms with Gasteiger partial charge in [-0.25, -0.2) is 9.97 Å². The first kappa shape index (κ1) is 22.0. The number of nitrogens with zero attached hydrogens (tertiary/aromatic N) is 5. The summed E-state index contributed by atoms with van der Waals surface area (Å²) in [6, 6.07) is 2.18. The maximum atomic E-state index is 13.0. The van der Waals surface area contributed by atoms with Gasteiger partial charge in [-0.3, -0.25) is 4.79 Å². The van der Waals surface area contributed by atoms with Crippen LogP contribution in [0, 0.1) is 0 Å². The molecule has 8 nitrogen and oxygen atoms in total. The van der Waals surface area contributed by atoms with Gasteiger partial charge < -0.3 is 10.6 Å². The molecule has 0 bridgehead atoms. The molecule has 0 saturated heterocycles. The molecule has 0 aliphatic heterocycles. The van der Waals surface area contributed by atoms with Crippen molar-refractivity contribution in [2.24, 2.45) is 0 Å². The lowest BCUT2D eigenvalue weighted by Crippen LogP contribution is -2.26. The Labute approximate surface area is 170 Å². The monoisotopic (exact) mass is 445 g/mol. The van der Waals surface area contributed by atoms with Crippen molar-refractivity contribution in [3.8, 4) is 5.95 Å². The highest BCUT2D eigenvalue weighted by Crippen LogP contribution is 2.36. The second-order valence-electron chi connectivity index (χ2n) is 6.04. The summed E-state index contributed by atoms with van der Waals surface area (Å²) in [6.45, 7) is -0.372. The third-order valence-electron chi connectivity index (χ3n) is 3.90. The summed E-state index contributed by atoms with van der Waals surface area (Å²) in [6.07, 6.45) is -7.29. The summed E-state index contributed by atoms with van der Waals surface area (Å²) in [4.78, 5) is 24.4. The minimum Gasteiger partial charge on any atom is -0.356 e. The van der Waals surface area contributed by atoms with Crippen molar-refractivity contribution in [3.05, 3.63) is 59.2 Å². The van der Waals surface area contributed by atoms with Crippen molar-refractivity contribution in [2.75, 3.05) is 12.4 Å². The highest BCUT2D eigenvalue weighted by Gasteiger charge is 2.37. The third-order valence-corrected chi connectivity index (χ3v) is 3.90. The van der Waals surface area contributed by atoms with Crippen molar-refractivity contribution in [1.29, 1.82) is 0 Å². The standard InChI is InChI=1S/C17H13F6N7O/c1-24-14-28-12(30(29-14)15-25-3-2-4-26-15)8-27-13(31)9-5-10(16(18,19)20)7-11(6-9)17(21,22)23/h2-7H,8H2,1H3,(H,24,29)(H,27,31). The number of carbonyl (C=O) groups is 1. The molecule has 0 aliphatic carbocycles. The number of nitrogens with one attached hydrogen (secondary N) is 2. The molecule has 0 atom stereocenters. The summed E-state index contributed by atoms with van der Waals surface area (Å²) < 4.78 is 79.1. The van der Waals surface area contributed by atoms with Crippen molar-refractivity contribution >= 4 is 11.9 Å². The Kier molecular flexibility index (Phi) is 5.81. The van der Waals surface area contributed by atoms with Gasteiger partial charge in [-0.15, -0.1) is 5.10 Å². The fraction of sp³-hybridized carbons (Fsp3) is 0.235. The van der Waals surface area contributed by atoms with Gasteiger partial charge in [0.25, 0.3) is 11.9 Å². The van der Waals surface area contributed by atoms with E-state index in [1.54, 1.807) is 6.07 Å². The quantitative estimate of drug-likeness (QED) is 0.586. The Bertz CT molecular complexity index is 1050. The Morgan fingerprint density at radius 2 is 1.58 bits per heavy atom. The fourth-order valence-corrected chi connectivity index (χ4v) is 2.47. The second-order valence-corrected chi connectivity index (χ2v) is 6.04. The lowest BCUT2D eigenvalue weighted by atomic mass is 10.0. The van der Waals surface area contributed by atoms with Crippen LogP contribution in [0.1, 0.15) is 27.3 Å². The first-order valence-corrected chi connectivity index (χ1v) is 8.48. The predicted molar refractivity (Wildman–Crippen MR) is 94.1 cm³/mol. The van der Waals surface area contributed by atoms with Gasteiger partial charge in [-0.2, -0.15) is 36.0 Å². The number of alkyl halides is 6. The largest absolute Gasteiger partial charge is 0.416 e. The summed E-state index contributed by atoms with van der Waals surface area (Å²) >= 11 is 0. The van der Waals surface area contributed by atoms with E-state index in [1.165, 1.54) is 24.1 Å². The van der Waals surface area contributed by atoms with Crippen molar-refractivity contribution in [2.45, 2.75) is 18.9 Å². The van der Waals surface area contributed by atoms with Gasteiger partial charge in [-0.1, -0.05) is 0 Å². The van der Waals surface area contributed by atoms with Crippen molar-refractivity contribution < 1.29 is 31.1 Å².